The number of hydrogen-bond acceptors (Lipinski definition) is 6. The van der Waals surface area contributed by atoms with Gasteiger partial charge in [-0.2, -0.15) is 8.78 Å². The molecule has 10 heteroatoms. The normalized spacial score (nSPS) is 12.1. The molecule has 1 unspecified atom stereocenters. The van der Waals surface area contributed by atoms with Crippen LogP contribution in [-0.4, -0.2) is 32.6 Å². The molecule has 4 rings (SSSR count). The molecule has 1 aromatic heterocycles. The van der Waals surface area contributed by atoms with Crippen LogP contribution in [0.2, 0.25) is 0 Å². The number of carbonyl (C=O) groups excluding carboxylic acids is 1. The smallest absolute Gasteiger partial charge is 0.387 e. The summed E-state index contributed by atoms with van der Waals surface area (Å²) in [6, 6.07) is 19.4. The van der Waals surface area contributed by atoms with E-state index in [4.69, 9.17) is 5.84 Å². The molecule has 1 heterocycles. The number of ether oxygens (including phenoxy) is 1. The van der Waals surface area contributed by atoms with Crippen molar-refractivity contribution in [1.82, 2.24) is 14.9 Å². The minimum atomic E-state index is -2.90. The molecule has 0 radical (unpaired) electrons. The highest BCUT2D eigenvalue weighted by Crippen LogP contribution is 2.28. The first-order valence-corrected chi connectivity index (χ1v) is 10.5. The fourth-order valence-corrected chi connectivity index (χ4v) is 3.89. The highest BCUT2D eigenvalue weighted by molar-refractivity contribution is 8.00. The van der Waals surface area contributed by atoms with Crippen molar-refractivity contribution >= 4 is 34.1 Å². The Bertz CT molecular complexity index is 1240. The molecule has 0 spiro atoms. The van der Waals surface area contributed by atoms with Crippen molar-refractivity contribution in [3.05, 3.63) is 66.7 Å². The zero-order valence-electron chi connectivity index (χ0n) is 16.9. The van der Waals surface area contributed by atoms with Crippen molar-refractivity contribution in [2.75, 3.05) is 11.2 Å². The lowest BCUT2D eigenvalue weighted by atomic mass is 10.1. The number of nitrogens with zero attached hydrogens (tertiary/aromatic N) is 3. The minimum Gasteiger partial charge on any atom is -0.435 e. The Morgan fingerprint density at radius 2 is 1.78 bits per heavy atom. The summed E-state index contributed by atoms with van der Waals surface area (Å²) in [6.45, 7) is -1.15. The van der Waals surface area contributed by atoms with E-state index in [1.54, 1.807) is 19.1 Å². The predicted molar refractivity (Wildman–Crippen MR) is 120 cm³/mol. The Balaban J connectivity index is 1.46. The van der Waals surface area contributed by atoms with Crippen LogP contribution in [0.15, 0.2) is 71.9 Å². The Labute approximate surface area is 186 Å². The van der Waals surface area contributed by atoms with E-state index in [0.717, 1.165) is 28.2 Å². The lowest BCUT2D eigenvalue weighted by Crippen LogP contribution is -2.23. The first-order valence-electron chi connectivity index (χ1n) is 9.63. The minimum absolute atomic E-state index is 0.0279. The third-order valence-corrected chi connectivity index (χ3v) is 5.76. The van der Waals surface area contributed by atoms with Gasteiger partial charge in [0.05, 0.1) is 5.25 Å². The van der Waals surface area contributed by atoms with Gasteiger partial charge >= 0.3 is 6.61 Å². The Morgan fingerprint density at radius 1 is 1.06 bits per heavy atom. The second kappa shape index (κ2) is 9.23. The van der Waals surface area contributed by atoms with Crippen LogP contribution in [0.4, 0.5) is 14.5 Å². The summed E-state index contributed by atoms with van der Waals surface area (Å²) >= 11 is 1.16. The highest BCUT2D eigenvalue weighted by Gasteiger charge is 2.20. The second-order valence-corrected chi connectivity index (χ2v) is 8.16. The van der Waals surface area contributed by atoms with E-state index < -0.39 is 11.9 Å². The molecule has 164 valence electrons. The van der Waals surface area contributed by atoms with E-state index in [9.17, 15) is 13.6 Å². The molecule has 4 aromatic rings. The average molecular weight is 455 g/mol. The van der Waals surface area contributed by atoms with Gasteiger partial charge in [-0.25, -0.2) is 4.68 Å². The zero-order valence-corrected chi connectivity index (χ0v) is 17.7. The number of carbonyl (C=O) groups is 1. The molecular weight excluding hydrogens is 436 g/mol. The van der Waals surface area contributed by atoms with Gasteiger partial charge in [-0.05, 0) is 42.6 Å². The van der Waals surface area contributed by atoms with Crippen molar-refractivity contribution in [2.45, 2.75) is 23.9 Å². The summed E-state index contributed by atoms with van der Waals surface area (Å²) in [5.41, 5.74) is 1.29. The predicted octanol–water partition coefficient (Wildman–Crippen LogP) is 4.53. The van der Waals surface area contributed by atoms with Gasteiger partial charge in [0.15, 0.2) is 5.82 Å². The SMILES string of the molecule is CC(Sc1nnc(-c2ccc(OC(F)F)cc2)n1N)C(=O)Nc1cccc2ccccc12. The summed E-state index contributed by atoms with van der Waals surface area (Å²) < 4.78 is 30.2. The van der Waals surface area contributed by atoms with Crippen LogP contribution in [0.25, 0.3) is 22.2 Å². The van der Waals surface area contributed by atoms with Gasteiger partial charge < -0.3 is 15.9 Å². The van der Waals surface area contributed by atoms with E-state index in [2.05, 4.69) is 20.3 Å². The molecule has 0 saturated carbocycles. The number of amides is 1. The fraction of sp³-hybridized carbons (Fsp3) is 0.136. The van der Waals surface area contributed by atoms with Gasteiger partial charge in [-0.3, -0.25) is 4.79 Å². The molecule has 32 heavy (non-hydrogen) atoms. The van der Waals surface area contributed by atoms with Crippen LogP contribution in [0.3, 0.4) is 0 Å². The van der Waals surface area contributed by atoms with Crippen LogP contribution < -0.4 is 15.9 Å². The molecule has 0 saturated heterocycles. The highest BCUT2D eigenvalue weighted by atomic mass is 32.2. The van der Waals surface area contributed by atoms with Gasteiger partial charge in [0.2, 0.25) is 11.1 Å². The van der Waals surface area contributed by atoms with Crippen LogP contribution in [-0.2, 0) is 4.79 Å². The van der Waals surface area contributed by atoms with Crippen molar-refractivity contribution in [1.29, 1.82) is 0 Å². The molecule has 0 fully saturated rings. The third kappa shape index (κ3) is 4.65. The van der Waals surface area contributed by atoms with Crippen molar-refractivity contribution < 1.29 is 18.3 Å². The Morgan fingerprint density at radius 3 is 2.53 bits per heavy atom. The number of thioether (sulfide) groups is 1. The van der Waals surface area contributed by atoms with Crippen LogP contribution in [0, 0.1) is 0 Å². The van der Waals surface area contributed by atoms with Crippen LogP contribution >= 0.6 is 11.8 Å². The number of anilines is 1. The number of nitrogen functional groups attached to an aromatic ring is 1. The van der Waals surface area contributed by atoms with E-state index in [1.165, 1.54) is 16.8 Å². The maximum Gasteiger partial charge on any atom is 0.387 e. The summed E-state index contributed by atoms with van der Waals surface area (Å²) in [5.74, 6) is 6.27. The zero-order chi connectivity index (χ0) is 22.7. The molecule has 0 bridgehead atoms. The third-order valence-electron chi connectivity index (χ3n) is 4.70. The number of rotatable bonds is 7. The molecular formula is C22H19F2N5O2S. The summed E-state index contributed by atoms with van der Waals surface area (Å²) in [4.78, 5) is 12.8. The Hall–Kier alpha value is -3.66. The molecule has 1 atom stereocenters. The lowest BCUT2D eigenvalue weighted by Gasteiger charge is -2.13. The molecule has 3 aromatic carbocycles. The lowest BCUT2D eigenvalue weighted by molar-refractivity contribution is -0.115. The maximum atomic E-state index is 12.8. The first-order chi connectivity index (χ1) is 15.4. The topological polar surface area (TPSA) is 95.1 Å². The number of nitrogens with one attached hydrogen (secondary N) is 1. The van der Waals surface area contributed by atoms with Gasteiger partial charge in [-0.15, -0.1) is 10.2 Å². The summed E-state index contributed by atoms with van der Waals surface area (Å²) in [5, 5.41) is 12.9. The van der Waals surface area contributed by atoms with Crippen molar-refractivity contribution in [3.8, 4) is 17.1 Å². The number of aromatic nitrogens is 3. The number of halogens is 2. The van der Waals surface area contributed by atoms with Crippen molar-refractivity contribution in [3.63, 3.8) is 0 Å². The van der Waals surface area contributed by atoms with Crippen molar-refractivity contribution in [2.24, 2.45) is 0 Å². The van der Waals surface area contributed by atoms with Crippen LogP contribution in [0.5, 0.6) is 5.75 Å². The van der Waals surface area contributed by atoms with Gasteiger partial charge in [0, 0.05) is 16.6 Å². The summed E-state index contributed by atoms with van der Waals surface area (Å²) in [6.07, 6.45) is 0. The van der Waals surface area contributed by atoms with E-state index in [-0.39, 0.29) is 11.7 Å². The largest absolute Gasteiger partial charge is 0.435 e. The Kier molecular flexibility index (Phi) is 6.22. The number of alkyl halides is 2. The van der Waals surface area contributed by atoms with E-state index in [1.807, 2.05) is 42.5 Å². The molecule has 0 aliphatic carbocycles. The standard InChI is InChI=1S/C22H19F2N5O2S/c1-13(20(30)26-18-8-4-6-14-5-2-3-7-17(14)18)32-22-28-27-19(29(22)25)15-9-11-16(12-10-15)31-21(23)24/h2-13,21H,25H2,1H3,(H,26,30). The van der Waals surface area contributed by atoms with Gasteiger partial charge in [-0.1, -0.05) is 48.2 Å². The monoisotopic (exact) mass is 455 g/mol. The fourth-order valence-electron chi connectivity index (χ4n) is 3.12. The number of benzene rings is 3. The van der Waals surface area contributed by atoms with Gasteiger partial charge in [0.1, 0.15) is 5.75 Å². The average Bonchev–Trinajstić information content (AvgIpc) is 3.14. The van der Waals surface area contributed by atoms with Gasteiger partial charge in [0.25, 0.3) is 0 Å². The molecule has 0 aliphatic heterocycles. The second-order valence-electron chi connectivity index (χ2n) is 6.86. The first kappa shape index (κ1) is 21.6. The molecule has 1 amide bonds. The number of fused-ring (bicyclic) bond motifs is 1. The van der Waals surface area contributed by atoms with E-state index in [0.29, 0.717) is 16.5 Å². The number of hydrogen-bond donors (Lipinski definition) is 2. The molecule has 0 aliphatic rings. The molecule has 7 nitrogen and oxygen atoms in total. The number of nitrogens with two attached hydrogens (primary N) is 1. The summed E-state index contributed by atoms with van der Waals surface area (Å²) in [7, 11) is 0. The maximum absolute atomic E-state index is 12.8. The van der Waals surface area contributed by atoms with Crippen LogP contribution in [0.1, 0.15) is 6.92 Å². The molecule has 3 N–H and O–H groups in total. The van der Waals surface area contributed by atoms with E-state index >= 15 is 0 Å². The quantitative estimate of drug-likeness (QED) is 0.314.